The van der Waals surface area contributed by atoms with Crippen LogP contribution in [0.2, 0.25) is 0 Å². The Kier molecular flexibility index (Phi) is 6.20. The first-order valence-electron chi connectivity index (χ1n) is 8.35. The highest BCUT2D eigenvalue weighted by Crippen LogP contribution is 2.17. The Morgan fingerprint density at radius 3 is 2.42 bits per heavy atom. The molecule has 1 heterocycles. The molecule has 0 unspecified atom stereocenters. The summed E-state index contributed by atoms with van der Waals surface area (Å²) in [6.45, 7) is 5.82. The number of nitrogen functional groups attached to an aromatic ring is 1. The molecular weight excluding hydrogens is 352 g/mol. The number of nitrogens with zero attached hydrogens (tertiary/aromatic N) is 1. The average Bonchev–Trinajstić information content (AvgIpc) is 2.61. The van der Waals surface area contributed by atoms with Crippen molar-refractivity contribution in [2.24, 2.45) is 0 Å². The number of nitrogens with one attached hydrogen (secondary N) is 2. The highest BCUT2D eigenvalue weighted by atomic mass is 32.2. The number of rotatable bonds is 7. The summed E-state index contributed by atoms with van der Waals surface area (Å²) < 4.78 is 23.6. The fraction of sp³-hybridized carbons (Fsp3) is 0.333. The van der Waals surface area contributed by atoms with Crippen LogP contribution in [0.15, 0.2) is 41.4 Å². The number of carbonyl (C=O) groups is 1. The van der Waals surface area contributed by atoms with Crippen LogP contribution in [0.1, 0.15) is 36.7 Å². The lowest BCUT2D eigenvalue weighted by atomic mass is 10.2. The van der Waals surface area contributed by atoms with Crippen molar-refractivity contribution >= 4 is 27.2 Å². The van der Waals surface area contributed by atoms with Gasteiger partial charge in [-0.3, -0.25) is 4.79 Å². The molecule has 4 N–H and O–H groups in total. The number of pyridine rings is 1. The van der Waals surface area contributed by atoms with E-state index in [0.29, 0.717) is 17.1 Å². The first kappa shape index (κ1) is 19.7. The van der Waals surface area contributed by atoms with Crippen LogP contribution in [0.5, 0.6) is 0 Å². The molecule has 0 spiro atoms. The monoisotopic (exact) mass is 376 g/mol. The van der Waals surface area contributed by atoms with Crippen molar-refractivity contribution in [3.63, 3.8) is 0 Å². The molecule has 0 saturated carbocycles. The third kappa shape index (κ3) is 4.95. The highest BCUT2D eigenvalue weighted by molar-refractivity contribution is 7.91. The van der Waals surface area contributed by atoms with Crippen LogP contribution < -0.4 is 16.4 Å². The minimum atomic E-state index is -3.22. The molecule has 8 heteroatoms. The van der Waals surface area contributed by atoms with Crippen LogP contribution in [0, 0.1) is 0 Å². The lowest BCUT2D eigenvalue weighted by molar-refractivity contribution is 0.0950. The molecule has 0 radical (unpaired) electrons. The van der Waals surface area contributed by atoms with Crippen LogP contribution in [0.4, 0.5) is 11.5 Å². The van der Waals surface area contributed by atoms with E-state index in [-0.39, 0.29) is 29.1 Å². The van der Waals surface area contributed by atoms with E-state index in [1.54, 1.807) is 37.3 Å². The van der Waals surface area contributed by atoms with E-state index in [0.717, 1.165) is 5.56 Å². The van der Waals surface area contributed by atoms with Crippen molar-refractivity contribution < 1.29 is 13.2 Å². The summed E-state index contributed by atoms with van der Waals surface area (Å²) in [6.07, 6.45) is 1.47. The number of anilines is 2. The summed E-state index contributed by atoms with van der Waals surface area (Å²) >= 11 is 0. The summed E-state index contributed by atoms with van der Waals surface area (Å²) in [7, 11) is -3.22. The number of sulfone groups is 1. The molecule has 0 bridgehead atoms. The van der Waals surface area contributed by atoms with Gasteiger partial charge in [-0.2, -0.15) is 0 Å². The van der Waals surface area contributed by atoms with Crippen molar-refractivity contribution in [3.05, 3.63) is 47.7 Å². The molecule has 26 heavy (non-hydrogen) atoms. The summed E-state index contributed by atoms with van der Waals surface area (Å²) in [6, 6.07) is 8.22. The Bertz CT molecular complexity index is 878. The molecule has 2 rings (SSSR count). The Morgan fingerprint density at radius 2 is 1.88 bits per heavy atom. The van der Waals surface area contributed by atoms with Gasteiger partial charge < -0.3 is 16.4 Å². The number of hydrogen-bond donors (Lipinski definition) is 3. The molecule has 0 saturated heterocycles. The zero-order valence-corrected chi connectivity index (χ0v) is 15.9. The predicted molar refractivity (Wildman–Crippen MR) is 103 cm³/mol. The van der Waals surface area contributed by atoms with Gasteiger partial charge in [0.15, 0.2) is 9.84 Å². The summed E-state index contributed by atoms with van der Waals surface area (Å²) in [5.74, 6) is 0.300. The van der Waals surface area contributed by atoms with Gasteiger partial charge in [0.05, 0.1) is 21.9 Å². The summed E-state index contributed by atoms with van der Waals surface area (Å²) in [5.41, 5.74) is 7.49. The number of amides is 1. The fourth-order valence-corrected chi connectivity index (χ4v) is 3.15. The maximum absolute atomic E-state index is 12.3. The SMILES string of the molecule is CCS(=O)(=O)c1ccc(CNC(=O)c2cnc(NC(C)C)c(N)c2)cc1. The van der Waals surface area contributed by atoms with Crippen LogP contribution in [-0.4, -0.2) is 31.1 Å². The summed E-state index contributed by atoms with van der Waals surface area (Å²) in [5, 5.41) is 5.87. The molecule has 1 aromatic carbocycles. The normalized spacial score (nSPS) is 11.4. The van der Waals surface area contributed by atoms with Crippen LogP contribution in [-0.2, 0) is 16.4 Å². The molecule has 0 aliphatic heterocycles. The van der Waals surface area contributed by atoms with Gasteiger partial charge in [0.1, 0.15) is 5.82 Å². The Labute approximate surface area is 153 Å². The molecular formula is C18H24N4O3S. The van der Waals surface area contributed by atoms with Gasteiger partial charge in [0, 0.05) is 18.8 Å². The maximum Gasteiger partial charge on any atom is 0.253 e. The topological polar surface area (TPSA) is 114 Å². The first-order valence-corrected chi connectivity index (χ1v) is 10.00. The van der Waals surface area contributed by atoms with E-state index < -0.39 is 9.84 Å². The minimum absolute atomic E-state index is 0.0547. The summed E-state index contributed by atoms with van der Waals surface area (Å²) in [4.78, 5) is 16.7. The lowest BCUT2D eigenvalue weighted by Crippen LogP contribution is -2.23. The number of nitrogens with two attached hydrogens (primary N) is 1. The number of benzene rings is 1. The molecule has 0 fully saturated rings. The van der Waals surface area contributed by atoms with Crippen LogP contribution in [0.3, 0.4) is 0 Å². The Hall–Kier alpha value is -2.61. The average molecular weight is 376 g/mol. The standard InChI is InChI=1S/C18H24N4O3S/c1-4-26(24,25)15-7-5-13(6-8-15)10-21-18(23)14-9-16(19)17(20-11-14)22-12(2)3/h5-9,11-12H,4,10,19H2,1-3H3,(H,20,22)(H,21,23). The molecule has 2 aromatic rings. The molecule has 0 aliphatic rings. The van der Waals surface area contributed by atoms with Gasteiger partial charge in [0.2, 0.25) is 0 Å². The van der Waals surface area contributed by atoms with E-state index in [1.807, 2.05) is 13.8 Å². The van der Waals surface area contributed by atoms with Crippen molar-refractivity contribution in [1.29, 1.82) is 0 Å². The molecule has 0 aliphatic carbocycles. The Morgan fingerprint density at radius 1 is 1.23 bits per heavy atom. The largest absolute Gasteiger partial charge is 0.396 e. The second kappa shape index (κ2) is 8.18. The van der Waals surface area contributed by atoms with Gasteiger partial charge in [-0.1, -0.05) is 19.1 Å². The minimum Gasteiger partial charge on any atom is -0.396 e. The molecule has 140 valence electrons. The third-order valence-electron chi connectivity index (χ3n) is 3.72. The number of aromatic nitrogens is 1. The quantitative estimate of drug-likeness (QED) is 0.683. The third-order valence-corrected chi connectivity index (χ3v) is 5.47. The van der Waals surface area contributed by atoms with Gasteiger partial charge in [0.25, 0.3) is 5.91 Å². The van der Waals surface area contributed by atoms with Crippen molar-refractivity contribution in [2.45, 2.75) is 38.3 Å². The van der Waals surface area contributed by atoms with E-state index in [1.165, 1.54) is 6.20 Å². The predicted octanol–water partition coefficient (Wildman–Crippen LogP) is 2.21. The molecule has 0 atom stereocenters. The molecule has 1 amide bonds. The molecule has 1 aromatic heterocycles. The first-order chi connectivity index (χ1) is 12.2. The fourth-order valence-electron chi connectivity index (χ4n) is 2.27. The zero-order chi connectivity index (χ0) is 19.3. The van der Waals surface area contributed by atoms with E-state index in [9.17, 15) is 13.2 Å². The van der Waals surface area contributed by atoms with Gasteiger partial charge in [-0.25, -0.2) is 13.4 Å². The number of carbonyl (C=O) groups excluding carboxylic acids is 1. The van der Waals surface area contributed by atoms with Crippen LogP contribution >= 0.6 is 0 Å². The zero-order valence-electron chi connectivity index (χ0n) is 15.1. The van der Waals surface area contributed by atoms with Gasteiger partial charge in [-0.15, -0.1) is 0 Å². The van der Waals surface area contributed by atoms with Gasteiger partial charge in [-0.05, 0) is 37.6 Å². The van der Waals surface area contributed by atoms with Gasteiger partial charge >= 0.3 is 0 Å². The van der Waals surface area contributed by atoms with E-state index in [2.05, 4.69) is 15.6 Å². The smallest absolute Gasteiger partial charge is 0.253 e. The second-order valence-electron chi connectivity index (χ2n) is 6.19. The lowest BCUT2D eigenvalue weighted by Gasteiger charge is -2.12. The van der Waals surface area contributed by atoms with Crippen molar-refractivity contribution in [2.75, 3.05) is 16.8 Å². The van der Waals surface area contributed by atoms with Crippen molar-refractivity contribution in [3.8, 4) is 0 Å². The number of hydrogen-bond acceptors (Lipinski definition) is 6. The molecule has 7 nitrogen and oxygen atoms in total. The van der Waals surface area contributed by atoms with Crippen LogP contribution in [0.25, 0.3) is 0 Å². The second-order valence-corrected chi connectivity index (χ2v) is 8.47. The highest BCUT2D eigenvalue weighted by Gasteiger charge is 2.12. The van der Waals surface area contributed by atoms with E-state index >= 15 is 0 Å². The van der Waals surface area contributed by atoms with Crippen molar-refractivity contribution in [1.82, 2.24) is 10.3 Å². The van der Waals surface area contributed by atoms with E-state index in [4.69, 9.17) is 5.73 Å². The maximum atomic E-state index is 12.3. The Balaban J connectivity index is 2.01.